The third-order valence-corrected chi connectivity index (χ3v) is 6.36. The molecular weight excluding hydrogens is 358 g/mol. The van der Waals surface area contributed by atoms with Gasteiger partial charge in [-0.2, -0.15) is 0 Å². The Balaban J connectivity index is 1.19. The van der Waals surface area contributed by atoms with E-state index < -0.39 is 0 Å². The third kappa shape index (κ3) is 4.06. The number of nitrogens with zero attached hydrogens (tertiary/aromatic N) is 3. The summed E-state index contributed by atoms with van der Waals surface area (Å²) in [7, 11) is 0. The van der Waals surface area contributed by atoms with Crippen LogP contribution in [0, 0.1) is 0 Å². The Morgan fingerprint density at radius 3 is 2.33 bits per heavy atom. The van der Waals surface area contributed by atoms with Crippen LogP contribution in [0.3, 0.4) is 0 Å². The third-order valence-electron chi connectivity index (χ3n) is 5.48. The first-order valence-corrected chi connectivity index (χ1v) is 10.6. The molecule has 0 radical (unpaired) electrons. The molecule has 144 valence electrons. The topological polar surface area (TPSA) is 51.9 Å². The van der Waals surface area contributed by atoms with Gasteiger partial charge in [0.2, 0.25) is 0 Å². The van der Waals surface area contributed by atoms with Crippen molar-refractivity contribution in [3.63, 3.8) is 0 Å². The highest BCUT2D eigenvalue weighted by atomic mass is 32.1. The van der Waals surface area contributed by atoms with Gasteiger partial charge in [0.15, 0.2) is 11.8 Å². The van der Waals surface area contributed by atoms with Crippen LogP contribution in [0.5, 0.6) is 11.8 Å². The quantitative estimate of drug-likeness (QED) is 0.601. The van der Waals surface area contributed by atoms with Crippen molar-refractivity contribution in [2.24, 2.45) is 0 Å². The van der Waals surface area contributed by atoms with Gasteiger partial charge in [0.05, 0.1) is 0 Å². The summed E-state index contributed by atoms with van der Waals surface area (Å²) >= 11 is 1.81. The van der Waals surface area contributed by atoms with Crippen molar-refractivity contribution in [2.45, 2.75) is 25.8 Å². The van der Waals surface area contributed by atoms with Crippen molar-refractivity contribution in [1.82, 2.24) is 9.47 Å². The highest BCUT2D eigenvalue weighted by molar-refractivity contribution is 7.17. The summed E-state index contributed by atoms with van der Waals surface area (Å²) in [5.74, 6) is 0.286. The molecule has 1 saturated heterocycles. The standard InChI is InChI=1S/C21H27N3O2S/c25-20-7-8-21(26)24(20)11-3-1-2-10-22-12-14-23(15-13-22)18-5-4-6-19-17(18)9-16-27-19/h4-9,16,25-26H,1-3,10-15H2. The number of aromatic hydroxyl groups is 2. The molecule has 3 aromatic rings. The fourth-order valence-electron chi connectivity index (χ4n) is 3.92. The molecule has 0 spiro atoms. The van der Waals surface area contributed by atoms with E-state index in [4.69, 9.17) is 0 Å². The molecule has 3 heterocycles. The summed E-state index contributed by atoms with van der Waals surface area (Å²) in [6.45, 7) is 6.18. The molecule has 1 aliphatic heterocycles. The smallest absolute Gasteiger partial charge is 0.193 e. The van der Waals surface area contributed by atoms with Crippen LogP contribution in [0.25, 0.3) is 10.1 Å². The normalized spacial score (nSPS) is 15.6. The predicted octanol–water partition coefficient (Wildman–Crippen LogP) is 4.11. The predicted molar refractivity (Wildman–Crippen MR) is 112 cm³/mol. The summed E-state index contributed by atoms with van der Waals surface area (Å²) in [5.41, 5.74) is 1.37. The van der Waals surface area contributed by atoms with Crippen molar-refractivity contribution in [3.8, 4) is 11.8 Å². The molecule has 0 unspecified atom stereocenters. The number of benzene rings is 1. The molecule has 1 aromatic carbocycles. The highest BCUT2D eigenvalue weighted by Gasteiger charge is 2.18. The maximum absolute atomic E-state index is 9.65. The number of unbranched alkanes of at least 4 members (excludes halogenated alkanes) is 2. The number of thiophene rings is 1. The molecular formula is C21H27N3O2S. The largest absolute Gasteiger partial charge is 0.494 e. The SMILES string of the molecule is Oc1ccc(O)n1CCCCCN1CCN(c2cccc3sccc23)CC1. The van der Waals surface area contributed by atoms with Crippen molar-refractivity contribution in [3.05, 3.63) is 41.8 Å². The van der Waals surface area contributed by atoms with E-state index in [0.717, 1.165) is 52.0 Å². The number of aromatic nitrogens is 1. The Morgan fingerprint density at radius 2 is 1.56 bits per heavy atom. The zero-order valence-electron chi connectivity index (χ0n) is 15.5. The van der Waals surface area contributed by atoms with Crippen LogP contribution < -0.4 is 4.90 Å². The molecule has 2 N–H and O–H groups in total. The number of rotatable bonds is 7. The van der Waals surface area contributed by atoms with Crippen molar-refractivity contribution < 1.29 is 10.2 Å². The van der Waals surface area contributed by atoms with Crippen LogP contribution >= 0.6 is 11.3 Å². The summed E-state index contributed by atoms with van der Waals surface area (Å²) in [4.78, 5) is 5.07. The van der Waals surface area contributed by atoms with E-state index in [1.165, 1.54) is 27.9 Å². The van der Waals surface area contributed by atoms with Gasteiger partial charge < -0.3 is 15.1 Å². The van der Waals surface area contributed by atoms with Crippen molar-refractivity contribution >= 4 is 27.1 Å². The van der Waals surface area contributed by atoms with E-state index in [-0.39, 0.29) is 11.8 Å². The van der Waals surface area contributed by atoms with Crippen molar-refractivity contribution in [1.29, 1.82) is 0 Å². The fraction of sp³-hybridized carbons (Fsp3) is 0.429. The number of piperazine rings is 1. The molecule has 0 bridgehead atoms. The summed E-state index contributed by atoms with van der Waals surface area (Å²) in [5, 5.41) is 22.9. The van der Waals surface area contributed by atoms with Gasteiger partial charge in [-0.25, -0.2) is 0 Å². The van der Waals surface area contributed by atoms with Crippen LogP contribution in [-0.2, 0) is 6.54 Å². The monoisotopic (exact) mass is 385 g/mol. The average molecular weight is 386 g/mol. The first-order chi connectivity index (χ1) is 13.2. The number of hydrogen-bond donors (Lipinski definition) is 2. The maximum atomic E-state index is 9.65. The second kappa shape index (κ2) is 8.23. The fourth-order valence-corrected chi connectivity index (χ4v) is 4.73. The van der Waals surface area contributed by atoms with Crippen LogP contribution in [0.2, 0.25) is 0 Å². The molecule has 0 atom stereocenters. The molecule has 5 nitrogen and oxygen atoms in total. The lowest BCUT2D eigenvalue weighted by Crippen LogP contribution is -2.46. The Kier molecular flexibility index (Phi) is 5.55. The van der Waals surface area contributed by atoms with Crippen LogP contribution in [-0.4, -0.2) is 52.4 Å². The minimum Gasteiger partial charge on any atom is -0.494 e. The first kappa shape index (κ1) is 18.2. The summed E-state index contributed by atoms with van der Waals surface area (Å²) in [6, 6.07) is 11.9. The lowest BCUT2D eigenvalue weighted by atomic mass is 10.1. The van der Waals surface area contributed by atoms with Gasteiger partial charge in [-0.05, 0) is 43.0 Å². The molecule has 6 heteroatoms. The van der Waals surface area contributed by atoms with Crippen LogP contribution in [0.4, 0.5) is 5.69 Å². The lowest BCUT2D eigenvalue weighted by molar-refractivity contribution is 0.251. The van der Waals surface area contributed by atoms with E-state index in [1.807, 2.05) is 11.3 Å². The Labute approximate surface area is 164 Å². The molecule has 4 rings (SSSR count). The van der Waals surface area contributed by atoms with E-state index in [1.54, 1.807) is 4.57 Å². The van der Waals surface area contributed by atoms with E-state index >= 15 is 0 Å². The van der Waals surface area contributed by atoms with Crippen molar-refractivity contribution in [2.75, 3.05) is 37.6 Å². The molecule has 1 fully saturated rings. The molecule has 2 aromatic heterocycles. The molecule has 0 amide bonds. The molecule has 0 aliphatic carbocycles. The number of anilines is 1. The zero-order valence-corrected chi connectivity index (χ0v) is 16.4. The van der Waals surface area contributed by atoms with Gasteiger partial charge in [0.1, 0.15) is 0 Å². The van der Waals surface area contributed by atoms with Crippen LogP contribution in [0.15, 0.2) is 41.8 Å². The first-order valence-electron chi connectivity index (χ1n) is 9.73. The van der Waals surface area contributed by atoms with E-state index in [2.05, 4.69) is 39.4 Å². The van der Waals surface area contributed by atoms with Gasteiger partial charge >= 0.3 is 0 Å². The van der Waals surface area contributed by atoms with Gasteiger partial charge in [0, 0.05) is 60.6 Å². The number of fused-ring (bicyclic) bond motifs is 1. The minimum atomic E-state index is 0.143. The minimum absolute atomic E-state index is 0.143. The van der Waals surface area contributed by atoms with Gasteiger partial charge in [-0.15, -0.1) is 11.3 Å². The van der Waals surface area contributed by atoms with Gasteiger partial charge in [0.25, 0.3) is 0 Å². The summed E-state index contributed by atoms with van der Waals surface area (Å²) < 4.78 is 2.93. The van der Waals surface area contributed by atoms with E-state index in [0.29, 0.717) is 6.54 Å². The number of hydrogen-bond acceptors (Lipinski definition) is 5. The molecule has 0 saturated carbocycles. The average Bonchev–Trinajstić information content (AvgIpc) is 3.29. The molecule has 1 aliphatic rings. The Hall–Kier alpha value is -2.18. The van der Waals surface area contributed by atoms with E-state index in [9.17, 15) is 10.2 Å². The highest BCUT2D eigenvalue weighted by Crippen LogP contribution is 2.31. The summed E-state index contributed by atoms with van der Waals surface area (Å²) in [6.07, 6.45) is 3.23. The lowest BCUT2D eigenvalue weighted by Gasteiger charge is -2.36. The Morgan fingerprint density at radius 1 is 0.815 bits per heavy atom. The van der Waals surface area contributed by atoms with Gasteiger partial charge in [-0.1, -0.05) is 12.5 Å². The van der Waals surface area contributed by atoms with Gasteiger partial charge in [-0.3, -0.25) is 9.47 Å². The second-order valence-corrected chi connectivity index (χ2v) is 8.15. The molecule has 27 heavy (non-hydrogen) atoms. The maximum Gasteiger partial charge on any atom is 0.193 e. The van der Waals surface area contributed by atoms with Crippen LogP contribution in [0.1, 0.15) is 19.3 Å². The zero-order chi connectivity index (χ0) is 18.6. The Bertz CT molecular complexity index is 861. The second-order valence-electron chi connectivity index (χ2n) is 7.20.